The number of nitrogens with one attached hydrogen (secondary N) is 1. The molecular weight excluding hydrogens is 276 g/mol. The summed E-state index contributed by atoms with van der Waals surface area (Å²) in [6.45, 7) is 6.57. The molecule has 1 aromatic carbocycles. The Bertz CT molecular complexity index is 440. The molecule has 0 aliphatic heterocycles. The van der Waals surface area contributed by atoms with Crippen molar-refractivity contribution in [2.24, 2.45) is 0 Å². The highest BCUT2D eigenvalue weighted by Crippen LogP contribution is 2.35. The number of rotatable bonds is 9. The van der Waals surface area contributed by atoms with Gasteiger partial charge in [-0.05, 0) is 44.5 Å². The van der Waals surface area contributed by atoms with Gasteiger partial charge in [-0.2, -0.15) is 0 Å². The molecule has 1 unspecified atom stereocenters. The van der Waals surface area contributed by atoms with Crippen molar-refractivity contribution in [1.82, 2.24) is 5.32 Å². The predicted molar refractivity (Wildman–Crippen MR) is 80.4 cm³/mol. The van der Waals surface area contributed by atoms with Gasteiger partial charge in [0.15, 0.2) is 11.5 Å². The number of alkyl halides is 2. The van der Waals surface area contributed by atoms with Gasteiger partial charge in [0.2, 0.25) is 0 Å². The first-order chi connectivity index (χ1) is 9.99. The molecule has 1 N–H and O–H groups in total. The normalized spacial score (nSPS) is 14.0. The Kier molecular flexibility index (Phi) is 6.89. The van der Waals surface area contributed by atoms with E-state index in [4.69, 9.17) is 9.47 Å². The maximum atomic E-state index is 13.3. The molecule has 0 saturated heterocycles. The average molecular weight is 301 g/mol. The Balaban J connectivity index is 3.12. The fourth-order valence-electron chi connectivity index (χ4n) is 1.87. The molecule has 0 radical (unpaired) electrons. The van der Waals surface area contributed by atoms with Crippen molar-refractivity contribution >= 4 is 0 Å². The molecule has 0 spiro atoms. The largest absolute Gasteiger partial charge is 0.490 e. The molecule has 0 aromatic heterocycles. The summed E-state index contributed by atoms with van der Waals surface area (Å²) in [5.74, 6) is 1.12. The molecule has 120 valence electrons. The second-order valence-corrected chi connectivity index (χ2v) is 5.11. The number of hydrogen-bond acceptors (Lipinski definition) is 3. The summed E-state index contributed by atoms with van der Waals surface area (Å²) in [7, 11) is 1.53. The summed E-state index contributed by atoms with van der Waals surface area (Å²) in [4.78, 5) is 0. The quantitative estimate of drug-likeness (QED) is 0.749. The highest BCUT2D eigenvalue weighted by molar-refractivity contribution is 5.45. The van der Waals surface area contributed by atoms with Crippen molar-refractivity contribution in [2.45, 2.75) is 45.6 Å². The van der Waals surface area contributed by atoms with Crippen LogP contribution in [0.25, 0.3) is 0 Å². The minimum atomic E-state index is -2.52. The smallest absolute Gasteiger partial charge is 0.260 e. The number of hydrogen-bond donors (Lipinski definition) is 1. The first-order valence-electron chi connectivity index (χ1n) is 7.36. The van der Waals surface area contributed by atoms with Crippen molar-refractivity contribution in [3.05, 3.63) is 23.8 Å². The molecule has 0 bridgehead atoms. The molecule has 1 atom stereocenters. The monoisotopic (exact) mass is 301 g/mol. The summed E-state index contributed by atoms with van der Waals surface area (Å²) in [6.07, 6.45) is -0.806. The maximum Gasteiger partial charge on any atom is 0.260 e. The van der Waals surface area contributed by atoms with Crippen LogP contribution in [0.3, 0.4) is 0 Å². The van der Waals surface area contributed by atoms with Crippen LogP contribution in [0.15, 0.2) is 18.2 Å². The fourth-order valence-corrected chi connectivity index (χ4v) is 1.87. The first kappa shape index (κ1) is 17.7. The molecule has 0 saturated carbocycles. The van der Waals surface area contributed by atoms with Gasteiger partial charge in [0.1, 0.15) is 5.54 Å². The van der Waals surface area contributed by atoms with E-state index in [1.165, 1.54) is 14.0 Å². The van der Waals surface area contributed by atoms with Crippen LogP contribution in [0.2, 0.25) is 0 Å². The third-order valence-corrected chi connectivity index (χ3v) is 3.42. The zero-order chi connectivity index (χ0) is 15.9. The van der Waals surface area contributed by atoms with E-state index in [0.717, 1.165) is 12.8 Å². The van der Waals surface area contributed by atoms with Gasteiger partial charge in [-0.3, -0.25) is 0 Å². The van der Waals surface area contributed by atoms with E-state index in [0.29, 0.717) is 30.3 Å². The molecular formula is C16H25F2NO2. The van der Waals surface area contributed by atoms with Gasteiger partial charge < -0.3 is 14.8 Å². The summed E-state index contributed by atoms with van der Waals surface area (Å²) >= 11 is 0. The summed E-state index contributed by atoms with van der Waals surface area (Å²) in [6, 6.07) is 5.00. The van der Waals surface area contributed by atoms with Gasteiger partial charge in [0.05, 0.1) is 13.2 Å². The third kappa shape index (κ3) is 4.30. The molecule has 1 aromatic rings. The van der Waals surface area contributed by atoms with E-state index >= 15 is 0 Å². The minimum absolute atomic E-state index is 0.481. The summed E-state index contributed by atoms with van der Waals surface area (Å²) in [5, 5.41) is 2.69. The van der Waals surface area contributed by atoms with E-state index in [1.807, 2.05) is 13.8 Å². The number of benzene rings is 1. The summed E-state index contributed by atoms with van der Waals surface area (Å²) in [5.41, 5.74) is -0.928. The van der Waals surface area contributed by atoms with Crippen LogP contribution in [0.4, 0.5) is 8.78 Å². The molecule has 0 amide bonds. The lowest BCUT2D eigenvalue weighted by Crippen LogP contribution is -2.43. The second kappa shape index (κ2) is 8.17. The van der Waals surface area contributed by atoms with E-state index in [9.17, 15) is 8.78 Å². The molecule has 0 fully saturated rings. The van der Waals surface area contributed by atoms with Gasteiger partial charge in [-0.15, -0.1) is 0 Å². The van der Waals surface area contributed by atoms with Crippen LogP contribution in [0.5, 0.6) is 11.5 Å². The topological polar surface area (TPSA) is 30.5 Å². The number of halogens is 2. The Labute approximate surface area is 125 Å². The van der Waals surface area contributed by atoms with Gasteiger partial charge >= 0.3 is 0 Å². The van der Waals surface area contributed by atoms with Crippen molar-refractivity contribution in [3.8, 4) is 11.5 Å². The Morgan fingerprint density at radius 1 is 1.10 bits per heavy atom. The highest BCUT2D eigenvalue weighted by Gasteiger charge is 2.35. The predicted octanol–water partition coefficient (Wildman–Crippen LogP) is 3.96. The molecule has 0 aliphatic carbocycles. The lowest BCUT2D eigenvalue weighted by atomic mass is 9.92. The van der Waals surface area contributed by atoms with Crippen LogP contribution >= 0.6 is 0 Å². The third-order valence-electron chi connectivity index (χ3n) is 3.42. The first-order valence-corrected chi connectivity index (χ1v) is 7.36. The van der Waals surface area contributed by atoms with E-state index in [-0.39, 0.29) is 0 Å². The zero-order valence-electron chi connectivity index (χ0n) is 13.2. The molecule has 5 heteroatoms. The Morgan fingerprint density at radius 2 is 1.67 bits per heavy atom. The molecule has 21 heavy (non-hydrogen) atoms. The Morgan fingerprint density at radius 3 is 2.14 bits per heavy atom. The van der Waals surface area contributed by atoms with Crippen LogP contribution in [0.1, 0.15) is 39.2 Å². The van der Waals surface area contributed by atoms with Gasteiger partial charge in [-0.25, -0.2) is 8.78 Å². The molecule has 3 nitrogen and oxygen atoms in total. The number of ether oxygens (including phenoxy) is 2. The van der Waals surface area contributed by atoms with Crippen molar-refractivity contribution in [1.29, 1.82) is 0 Å². The maximum absolute atomic E-state index is 13.3. The minimum Gasteiger partial charge on any atom is -0.490 e. The Hall–Kier alpha value is -1.36. The van der Waals surface area contributed by atoms with Gasteiger partial charge in [0.25, 0.3) is 6.43 Å². The lowest BCUT2D eigenvalue weighted by Gasteiger charge is -2.29. The van der Waals surface area contributed by atoms with E-state index in [1.54, 1.807) is 18.2 Å². The second-order valence-electron chi connectivity index (χ2n) is 5.11. The zero-order valence-corrected chi connectivity index (χ0v) is 13.2. The molecule has 0 aliphatic rings. The average Bonchev–Trinajstić information content (AvgIpc) is 2.50. The van der Waals surface area contributed by atoms with Crippen molar-refractivity contribution in [2.75, 3.05) is 20.3 Å². The van der Waals surface area contributed by atoms with Crippen LogP contribution < -0.4 is 14.8 Å². The summed E-state index contributed by atoms with van der Waals surface area (Å²) < 4.78 is 37.9. The molecule has 1 rings (SSSR count). The van der Waals surface area contributed by atoms with E-state index in [2.05, 4.69) is 5.32 Å². The van der Waals surface area contributed by atoms with Crippen LogP contribution in [-0.2, 0) is 5.54 Å². The van der Waals surface area contributed by atoms with Crippen molar-refractivity contribution in [3.63, 3.8) is 0 Å². The standard InChI is InChI=1S/C16H25F2NO2/c1-5-9-20-13-8-7-12(11-14(13)21-10-6-2)16(3,19-4)15(17)18/h7-8,11,15,19H,5-6,9-10H2,1-4H3. The highest BCUT2D eigenvalue weighted by atomic mass is 19.3. The van der Waals surface area contributed by atoms with Crippen molar-refractivity contribution < 1.29 is 18.3 Å². The van der Waals surface area contributed by atoms with Gasteiger partial charge in [0, 0.05) is 0 Å². The fraction of sp³-hybridized carbons (Fsp3) is 0.625. The van der Waals surface area contributed by atoms with Crippen LogP contribution in [0, 0.1) is 0 Å². The lowest BCUT2D eigenvalue weighted by molar-refractivity contribution is 0.0430. The SMILES string of the molecule is CCCOc1ccc(C(C)(NC)C(F)F)cc1OCCC. The molecule has 0 heterocycles. The van der Waals surface area contributed by atoms with Crippen LogP contribution in [-0.4, -0.2) is 26.7 Å². The van der Waals surface area contributed by atoms with E-state index < -0.39 is 12.0 Å². The van der Waals surface area contributed by atoms with Gasteiger partial charge in [-0.1, -0.05) is 19.9 Å².